The maximum absolute atomic E-state index is 13.3. The van der Waals surface area contributed by atoms with Gasteiger partial charge in [-0.25, -0.2) is 4.98 Å². The van der Waals surface area contributed by atoms with Crippen molar-refractivity contribution in [2.45, 2.75) is 58.3 Å². The van der Waals surface area contributed by atoms with Gasteiger partial charge in [0.2, 0.25) is 5.91 Å². The topological polar surface area (TPSA) is 66.7 Å². The average molecular weight is 359 g/mol. The molecule has 0 N–H and O–H groups in total. The first-order valence-electron chi connectivity index (χ1n) is 10.1. The van der Waals surface area contributed by atoms with E-state index in [1.807, 2.05) is 0 Å². The number of rotatable bonds is 3. The van der Waals surface area contributed by atoms with Gasteiger partial charge in [0.15, 0.2) is 12.1 Å². The van der Waals surface area contributed by atoms with Gasteiger partial charge in [-0.2, -0.15) is 0 Å². The molecule has 142 valence electrons. The summed E-state index contributed by atoms with van der Waals surface area (Å²) in [5, 5.41) is 0. The lowest BCUT2D eigenvalue weighted by atomic mass is 9.77. The van der Waals surface area contributed by atoms with Gasteiger partial charge >= 0.3 is 0 Å². The standard InChI is InChI=1S/C20H29N3O3/c1-15-17(21-14-26-15)18(24)23-11-9-20(13-23)8-5-10-22(19(20)25)12-16-6-3-2-4-7-16/h14,16H,2-13H2,1H3/t20-/m1/s1. The Bertz CT molecular complexity index is 680. The Kier molecular flexibility index (Phi) is 4.76. The van der Waals surface area contributed by atoms with E-state index in [0.717, 1.165) is 32.4 Å². The zero-order valence-electron chi connectivity index (χ0n) is 15.7. The Labute approximate surface area is 154 Å². The van der Waals surface area contributed by atoms with Crippen molar-refractivity contribution >= 4 is 11.8 Å². The molecule has 3 fully saturated rings. The lowest BCUT2D eigenvalue weighted by Crippen LogP contribution is -2.51. The Morgan fingerprint density at radius 1 is 1.23 bits per heavy atom. The minimum Gasteiger partial charge on any atom is -0.448 e. The highest BCUT2D eigenvalue weighted by Crippen LogP contribution is 2.41. The van der Waals surface area contributed by atoms with Crippen molar-refractivity contribution in [1.29, 1.82) is 0 Å². The fraction of sp³-hybridized carbons (Fsp3) is 0.750. The van der Waals surface area contributed by atoms with Crippen LogP contribution in [0.15, 0.2) is 10.8 Å². The second-order valence-corrected chi connectivity index (χ2v) is 8.37. The molecule has 1 aliphatic carbocycles. The van der Waals surface area contributed by atoms with Gasteiger partial charge in [0.05, 0.1) is 5.41 Å². The molecule has 26 heavy (non-hydrogen) atoms. The summed E-state index contributed by atoms with van der Waals surface area (Å²) in [5.41, 5.74) is 0.00426. The Morgan fingerprint density at radius 2 is 2.04 bits per heavy atom. The average Bonchev–Trinajstić information content (AvgIpc) is 3.27. The summed E-state index contributed by atoms with van der Waals surface area (Å²) >= 11 is 0. The molecule has 3 heterocycles. The molecule has 2 amide bonds. The third kappa shape index (κ3) is 3.14. The molecular weight excluding hydrogens is 330 g/mol. The molecule has 1 aromatic rings. The minimum atomic E-state index is -0.375. The number of nitrogens with zero attached hydrogens (tertiary/aromatic N) is 3. The van der Waals surface area contributed by atoms with Gasteiger partial charge in [-0.1, -0.05) is 19.3 Å². The number of oxazole rings is 1. The predicted molar refractivity (Wildman–Crippen MR) is 96.6 cm³/mol. The largest absolute Gasteiger partial charge is 0.448 e. The van der Waals surface area contributed by atoms with Crippen molar-refractivity contribution < 1.29 is 14.0 Å². The van der Waals surface area contributed by atoms with Crippen LogP contribution in [0.25, 0.3) is 0 Å². The second-order valence-electron chi connectivity index (χ2n) is 8.37. The maximum Gasteiger partial charge on any atom is 0.276 e. The van der Waals surface area contributed by atoms with Crippen LogP contribution in [-0.2, 0) is 4.79 Å². The van der Waals surface area contributed by atoms with Crippen LogP contribution in [0.1, 0.15) is 67.6 Å². The van der Waals surface area contributed by atoms with Gasteiger partial charge in [0.1, 0.15) is 5.76 Å². The highest BCUT2D eigenvalue weighted by Gasteiger charge is 2.50. The zero-order valence-corrected chi connectivity index (χ0v) is 15.7. The lowest BCUT2D eigenvalue weighted by molar-refractivity contribution is -0.146. The molecule has 0 bridgehead atoms. The summed E-state index contributed by atoms with van der Waals surface area (Å²) in [4.78, 5) is 34.0. The summed E-state index contributed by atoms with van der Waals surface area (Å²) in [6.07, 6.45) is 10.5. The molecule has 2 saturated heterocycles. The smallest absolute Gasteiger partial charge is 0.276 e. The van der Waals surface area contributed by atoms with Crippen LogP contribution in [0.4, 0.5) is 0 Å². The number of amides is 2. The van der Waals surface area contributed by atoms with Crippen LogP contribution >= 0.6 is 0 Å². The van der Waals surface area contributed by atoms with Crippen molar-refractivity contribution in [2.75, 3.05) is 26.2 Å². The number of hydrogen-bond donors (Lipinski definition) is 0. The summed E-state index contributed by atoms with van der Waals surface area (Å²) in [7, 11) is 0. The number of hydrogen-bond acceptors (Lipinski definition) is 4. The van der Waals surface area contributed by atoms with Crippen molar-refractivity contribution in [1.82, 2.24) is 14.8 Å². The van der Waals surface area contributed by atoms with E-state index in [2.05, 4.69) is 9.88 Å². The normalized spacial score (nSPS) is 27.5. The Balaban J connectivity index is 1.43. The van der Waals surface area contributed by atoms with Crippen LogP contribution in [0.5, 0.6) is 0 Å². The third-order valence-electron chi connectivity index (χ3n) is 6.62. The van der Waals surface area contributed by atoms with Gasteiger partial charge in [0.25, 0.3) is 5.91 Å². The monoisotopic (exact) mass is 359 g/mol. The van der Waals surface area contributed by atoms with Crippen LogP contribution in [0.2, 0.25) is 0 Å². The van der Waals surface area contributed by atoms with Gasteiger partial charge in [-0.3, -0.25) is 9.59 Å². The SMILES string of the molecule is Cc1ocnc1C(=O)N1CC[C@]2(CCCN(CC3CCCCC3)C2=O)C1. The number of aryl methyl sites for hydroxylation is 1. The maximum atomic E-state index is 13.3. The van der Waals surface area contributed by atoms with Crippen LogP contribution < -0.4 is 0 Å². The molecule has 6 heteroatoms. The van der Waals surface area contributed by atoms with Crippen molar-refractivity contribution in [3.63, 3.8) is 0 Å². The number of likely N-dealkylation sites (tertiary alicyclic amines) is 2. The minimum absolute atomic E-state index is 0.106. The first-order valence-corrected chi connectivity index (χ1v) is 10.1. The van der Waals surface area contributed by atoms with E-state index in [0.29, 0.717) is 30.5 Å². The molecule has 1 spiro atoms. The molecule has 6 nitrogen and oxygen atoms in total. The first-order chi connectivity index (χ1) is 12.6. The van der Waals surface area contributed by atoms with E-state index in [1.165, 1.54) is 38.5 Å². The lowest BCUT2D eigenvalue weighted by Gasteiger charge is -2.41. The van der Waals surface area contributed by atoms with Crippen LogP contribution in [0.3, 0.4) is 0 Å². The van der Waals surface area contributed by atoms with Crippen molar-refractivity contribution in [3.05, 3.63) is 17.8 Å². The zero-order chi connectivity index (χ0) is 18.1. The van der Waals surface area contributed by atoms with E-state index < -0.39 is 0 Å². The van der Waals surface area contributed by atoms with Crippen LogP contribution in [-0.4, -0.2) is 52.8 Å². The Hall–Kier alpha value is -1.85. The third-order valence-corrected chi connectivity index (χ3v) is 6.62. The van der Waals surface area contributed by atoms with E-state index in [9.17, 15) is 9.59 Å². The van der Waals surface area contributed by atoms with E-state index in [4.69, 9.17) is 4.42 Å². The van der Waals surface area contributed by atoms with Crippen LogP contribution in [0, 0.1) is 18.3 Å². The van der Waals surface area contributed by atoms with Crippen molar-refractivity contribution in [3.8, 4) is 0 Å². The molecule has 1 aromatic heterocycles. The molecule has 1 saturated carbocycles. The van der Waals surface area contributed by atoms with Gasteiger partial charge < -0.3 is 14.2 Å². The second kappa shape index (κ2) is 7.05. The number of carbonyl (C=O) groups excluding carboxylic acids is 2. The number of piperidine rings is 1. The summed E-state index contributed by atoms with van der Waals surface area (Å²) in [5.74, 6) is 1.39. The van der Waals surface area contributed by atoms with E-state index in [1.54, 1.807) is 11.8 Å². The fourth-order valence-corrected chi connectivity index (χ4v) is 5.09. The number of carbonyl (C=O) groups is 2. The molecular formula is C20H29N3O3. The highest BCUT2D eigenvalue weighted by atomic mass is 16.3. The van der Waals surface area contributed by atoms with E-state index in [-0.39, 0.29) is 17.2 Å². The summed E-state index contributed by atoms with van der Waals surface area (Å²) < 4.78 is 5.17. The molecule has 0 aromatic carbocycles. The molecule has 1 atom stereocenters. The molecule has 0 unspecified atom stereocenters. The predicted octanol–water partition coefficient (Wildman–Crippen LogP) is 3.02. The van der Waals surface area contributed by atoms with E-state index >= 15 is 0 Å². The Morgan fingerprint density at radius 3 is 2.77 bits per heavy atom. The van der Waals surface area contributed by atoms with Gasteiger partial charge in [-0.15, -0.1) is 0 Å². The first kappa shape index (κ1) is 17.6. The summed E-state index contributed by atoms with van der Waals surface area (Å²) in [6.45, 7) is 4.71. The molecule has 4 rings (SSSR count). The highest BCUT2D eigenvalue weighted by molar-refractivity contribution is 5.94. The molecule has 3 aliphatic rings. The fourth-order valence-electron chi connectivity index (χ4n) is 5.09. The van der Waals surface area contributed by atoms with Crippen molar-refractivity contribution in [2.24, 2.45) is 11.3 Å². The quantitative estimate of drug-likeness (QED) is 0.832. The van der Waals surface area contributed by atoms with Gasteiger partial charge in [0, 0.05) is 26.2 Å². The number of aromatic nitrogens is 1. The van der Waals surface area contributed by atoms with Gasteiger partial charge in [-0.05, 0) is 44.9 Å². The summed E-state index contributed by atoms with van der Waals surface area (Å²) in [6, 6.07) is 0. The molecule has 0 radical (unpaired) electrons. The molecule has 2 aliphatic heterocycles.